The van der Waals surface area contributed by atoms with Crippen LogP contribution in [0.3, 0.4) is 0 Å². The van der Waals surface area contributed by atoms with Crippen molar-refractivity contribution in [2.75, 3.05) is 0 Å². The predicted molar refractivity (Wildman–Crippen MR) is 49.3 cm³/mol. The number of nitro groups is 1. The first-order valence-corrected chi connectivity index (χ1v) is 4.42. The van der Waals surface area contributed by atoms with Gasteiger partial charge in [0.05, 0.1) is 11.7 Å². The van der Waals surface area contributed by atoms with Crippen LogP contribution >= 0.6 is 0 Å². The maximum Gasteiger partial charge on any atom is 0.406 e. The molecule has 0 radical (unpaired) electrons. The smallest absolute Gasteiger partial charge is 0.406 e. The largest absolute Gasteiger partial charge is 0.482 e. The van der Waals surface area contributed by atoms with Crippen molar-refractivity contribution >= 4 is 5.82 Å². The van der Waals surface area contributed by atoms with E-state index in [-0.39, 0.29) is 23.2 Å². The van der Waals surface area contributed by atoms with Crippen molar-refractivity contribution in [3.8, 4) is 11.8 Å². The first-order valence-electron chi connectivity index (χ1n) is 4.42. The molecule has 0 atom stereocenters. The third kappa shape index (κ3) is 2.02. The Bertz CT molecular complexity index is 448. The molecule has 0 N–H and O–H groups in total. The Hall–Kier alpha value is -2.16. The van der Waals surface area contributed by atoms with Crippen LogP contribution < -0.4 is 4.74 Å². The van der Waals surface area contributed by atoms with E-state index in [2.05, 4.69) is 4.98 Å². The zero-order valence-corrected chi connectivity index (χ0v) is 7.71. The van der Waals surface area contributed by atoms with Crippen LogP contribution in [0.2, 0.25) is 0 Å². The topological polar surface area (TPSA) is 89.0 Å². The molecular formula is C9H7N3O3. The maximum atomic E-state index is 10.6. The van der Waals surface area contributed by atoms with Crippen LogP contribution in [-0.2, 0) is 0 Å². The Morgan fingerprint density at radius 2 is 2.40 bits per heavy atom. The molecule has 15 heavy (non-hydrogen) atoms. The van der Waals surface area contributed by atoms with Gasteiger partial charge in [0.15, 0.2) is 6.20 Å². The summed E-state index contributed by atoms with van der Waals surface area (Å²) >= 11 is 0. The van der Waals surface area contributed by atoms with Crippen LogP contribution in [0.15, 0.2) is 12.3 Å². The highest BCUT2D eigenvalue weighted by Gasteiger charge is 2.28. The molecule has 0 unspecified atom stereocenters. The van der Waals surface area contributed by atoms with E-state index < -0.39 is 4.92 Å². The average Bonchev–Trinajstić information content (AvgIpc) is 3.01. The normalized spacial score (nSPS) is 14.3. The van der Waals surface area contributed by atoms with Crippen LogP contribution in [0, 0.1) is 21.4 Å². The highest BCUT2D eigenvalue weighted by molar-refractivity contribution is 5.45. The zero-order chi connectivity index (χ0) is 10.8. The van der Waals surface area contributed by atoms with Gasteiger partial charge in [0.25, 0.3) is 0 Å². The van der Waals surface area contributed by atoms with Gasteiger partial charge in [-0.05, 0) is 22.7 Å². The molecule has 1 aromatic rings. The van der Waals surface area contributed by atoms with Crippen LogP contribution in [0.4, 0.5) is 5.82 Å². The Labute approximate surface area is 85.3 Å². The number of rotatable bonds is 3. The molecule has 2 rings (SSSR count). The zero-order valence-electron chi connectivity index (χ0n) is 7.71. The molecule has 0 aromatic carbocycles. The Morgan fingerprint density at radius 1 is 1.67 bits per heavy atom. The van der Waals surface area contributed by atoms with Crippen molar-refractivity contribution in [1.29, 1.82) is 5.26 Å². The van der Waals surface area contributed by atoms with Crippen molar-refractivity contribution in [2.24, 2.45) is 0 Å². The van der Waals surface area contributed by atoms with Gasteiger partial charge in [0, 0.05) is 6.07 Å². The minimum Gasteiger partial charge on any atom is -0.482 e. The van der Waals surface area contributed by atoms with Gasteiger partial charge in [0.1, 0.15) is 6.07 Å². The van der Waals surface area contributed by atoms with E-state index in [0.29, 0.717) is 0 Å². The van der Waals surface area contributed by atoms with Gasteiger partial charge in [-0.1, -0.05) is 0 Å². The Kier molecular flexibility index (Phi) is 2.21. The average molecular weight is 205 g/mol. The number of ether oxygens (including phenoxy) is 1. The van der Waals surface area contributed by atoms with Crippen molar-refractivity contribution in [1.82, 2.24) is 4.98 Å². The fraction of sp³-hybridized carbons (Fsp3) is 0.333. The minimum atomic E-state index is -0.612. The first kappa shape index (κ1) is 9.40. The van der Waals surface area contributed by atoms with Crippen molar-refractivity contribution in [2.45, 2.75) is 18.9 Å². The van der Waals surface area contributed by atoms with E-state index in [1.807, 2.05) is 6.07 Å². The number of nitrogens with zero attached hydrogens (tertiary/aromatic N) is 3. The standard InChI is InChI=1S/C9H7N3O3/c10-4-6-3-8(15-7-1-2-7)9(11-5-6)12(13)14/h3,5,7H,1-2H2. The summed E-state index contributed by atoms with van der Waals surface area (Å²) in [7, 11) is 0. The van der Waals surface area contributed by atoms with Crippen LogP contribution in [0.5, 0.6) is 5.75 Å². The Balaban J connectivity index is 2.36. The third-order valence-corrected chi connectivity index (χ3v) is 1.95. The maximum absolute atomic E-state index is 10.6. The van der Waals surface area contributed by atoms with Crippen molar-refractivity contribution < 1.29 is 9.66 Å². The molecule has 6 nitrogen and oxygen atoms in total. The highest BCUT2D eigenvalue weighted by Crippen LogP contribution is 2.32. The lowest BCUT2D eigenvalue weighted by Crippen LogP contribution is -2.02. The van der Waals surface area contributed by atoms with E-state index in [9.17, 15) is 10.1 Å². The van der Waals surface area contributed by atoms with Gasteiger partial charge in [-0.25, -0.2) is 0 Å². The van der Waals surface area contributed by atoms with Gasteiger partial charge in [-0.3, -0.25) is 0 Å². The van der Waals surface area contributed by atoms with Crippen LogP contribution in [0.25, 0.3) is 0 Å². The summed E-state index contributed by atoms with van der Waals surface area (Å²) in [6.45, 7) is 0. The molecule has 1 saturated carbocycles. The number of hydrogen-bond acceptors (Lipinski definition) is 5. The summed E-state index contributed by atoms with van der Waals surface area (Å²) in [5.74, 6) is -0.248. The summed E-state index contributed by atoms with van der Waals surface area (Å²) in [5, 5.41) is 19.2. The molecular weight excluding hydrogens is 198 g/mol. The fourth-order valence-corrected chi connectivity index (χ4v) is 1.09. The number of aromatic nitrogens is 1. The molecule has 1 aromatic heterocycles. The summed E-state index contributed by atoms with van der Waals surface area (Å²) in [6.07, 6.45) is 3.00. The molecule has 0 amide bonds. The molecule has 0 saturated heterocycles. The van der Waals surface area contributed by atoms with Gasteiger partial charge >= 0.3 is 5.82 Å². The quantitative estimate of drug-likeness (QED) is 0.549. The third-order valence-electron chi connectivity index (χ3n) is 1.95. The van der Waals surface area contributed by atoms with Crippen LogP contribution in [0.1, 0.15) is 18.4 Å². The second-order valence-electron chi connectivity index (χ2n) is 3.23. The van der Waals surface area contributed by atoms with E-state index in [0.717, 1.165) is 19.0 Å². The monoisotopic (exact) mass is 205 g/mol. The number of hydrogen-bond donors (Lipinski definition) is 0. The minimum absolute atomic E-state index is 0.0412. The second-order valence-corrected chi connectivity index (χ2v) is 3.23. The van der Waals surface area contributed by atoms with Crippen molar-refractivity contribution in [3.05, 3.63) is 27.9 Å². The molecule has 0 spiro atoms. The summed E-state index contributed by atoms with van der Waals surface area (Å²) in [6, 6.07) is 3.21. The van der Waals surface area contributed by atoms with Gasteiger partial charge < -0.3 is 14.9 Å². The molecule has 1 fully saturated rings. The van der Waals surface area contributed by atoms with Gasteiger partial charge in [0.2, 0.25) is 5.75 Å². The molecule has 1 aliphatic rings. The lowest BCUT2D eigenvalue weighted by atomic mass is 10.3. The molecule has 76 valence electrons. The van der Waals surface area contributed by atoms with Gasteiger partial charge in [-0.15, -0.1) is 0 Å². The van der Waals surface area contributed by atoms with Crippen LogP contribution in [-0.4, -0.2) is 16.0 Å². The van der Waals surface area contributed by atoms with E-state index in [1.165, 1.54) is 6.07 Å². The molecule has 1 heterocycles. The fourth-order valence-electron chi connectivity index (χ4n) is 1.09. The van der Waals surface area contributed by atoms with E-state index in [1.54, 1.807) is 0 Å². The molecule has 6 heteroatoms. The van der Waals surface area contributed by atoms with Gasteiger partial charge in [-0.2, -0.15) is 5.26 Å². The lowest BCUT2D eigenvalue weighted by Gasteiger charge is -2.03. The summed E-state index contributed by atoms with van der Waals surface area (Å²) in [5.41, 5.74) is 0.260. The predicted octanol–water partition coefficient (Wildman–Crippen LogP) is 1.40. The summed E-state index contributed by atoms with van der Waals surface area (Å²) < 4.78 is 5.30. The molecule has 0 bridgehead atoms. The highest BCUT2D eigenvalue weighted by atomic mass is 16.6. The summed E-state index contributed by atoms with van der Waals surface area (Å²) in [4.78, 5) is 13.6. The SMILES string of the molecule is N#Cc1cnc([N+](=O)[O-])c(OC2CC2)c1. The number of pyridine rings is 1. The van der Waals surface area contributed by atoms with E-state index >= 15 is 0 Å². The van der Waals surface area contributed by atoms with E-state index in [4.69, 9.17) is 10.00 Å². The first-order chi connectivity index (χ1) is 7.20. The molecule has 0 aliphatic heterocycles. The van der Waals surface area contributed by atoms with Crippen molar-refractivity contribution in [3.63, 3.8) is 0 Å². The number of nitriles is 1. The lowest BCUT2D eigenvalue weighted by molar-refractivity contribution is -0.390. The second kappa shape index (κ2) is 3.53. The molecule has 1 aliphatic carbocycles. The Morgan fingerprint density at radius 3 is 2.93 bits per heavy atom.